The van der Waals surface area contributed by atoms with Crippen molar-refractivity contribution in [1.29, 1.82) is 0 Å². The van der Waals surface area contributed by atoms with Crippen LogP contribution in [-0.4, -0.2) is 28.6 Å². The van der Waals surface area contributed by atoms with Crippen molar-refractivity contribution in [2.24, 2.45) is 0 Å². The van der Waals surface area contributed by atoms with E-state index in [1.54, 1.807) is 6.92 Å². The zero-order valence-corrected chi connectivity index (χ0v) is 6.18. The Bertz CT molecular complexity index is 81.1. The van der Waals surface area contributed by atoms with E-state index < -0.39 is 6.23 Å². The van der Waals surface area contributed by atoms with Gasteiger partial charge in [-0.1, -0.05) is 0 Å². The van der Waals surface area contributed by atoms with E-state index in [4.69, 9.17) is 10.2 Å². The van der Waals surface area contributed by atoms with Gasteiger partial charge in [-0.2, -0.15) is 0 Å². The van der Waals surface area contributed by atoms with Gasteiger partial charge >= 0.3 is 0 Å². The molecule has 0 rings (SSSR count). The van der Waals surface area contributed by atoms with Crippen LogP contribution in [-0.2, 0) is 0 Å². The van der Waals surface area contributed by atoms with Crippen LogP contribution in [0.25, 0.3) is 0 Å². The molecule has 0 heterocycles. The molecule has 56 valence electrons. The maximum atomic E-state index is 8.80. The smallest absolute Gasteiger partial charge is 0.102 e. The fourth-order valence-corrected chi connectivity index (χ4v) is 0.611. The molecule has 0 saturated carbocycles. The molecule has 9 heavy (non-hydrogen) atoms. The molecule has 1 unspecified atom stereocenters. The van der Waals surface area contributed by atoms with Crippen LogP contribution in [0.5, 0.6) is 0 Å². The van der Waals surface area contributed by atoms with Crippen LogP contribution >= 0.6 is 0 Å². The van der Waals surface area contributed by atoms with Gasteiger partial charge in [-0.3, -0.25) is 5.32 Å². The van der Waals surface area contributed by atoms with Gasteiger partial charge in [0.2, 0.25) is 0 Å². The molecule has 3 heteroatoms. The van der Waals surface area contributed by atoms with E-state index in [2.05, 4.69) is 5.32 Å². The molecule has 0 aromatic rings. The standard InChI is InChI=1S/C6H15NO2/c1-5(9)7-6(2,3)4-8/h5,7-9H,4H2,1-3H3. The topological polar surface area (TPSA) is 52.5 Å². The third kappa shape index (κ3) is 4.39. The molecule has 0 aromatic carbocycles. The van der Waals surface area contributed by atoms with E-state index in [0.29, 0.717) is 0 Å². The van der Waals surface area contributed by atoms with Crippen LogP contribution in [0.15, 0.2) is 0 Å². The van der Waals surface area contributed by atoms with Crippen LogP contribution in [0.2, 0.25) is 0 Å². The lowest BCUT2D eigenvalue weighted by molar-refractivity contribution is 0.0867. The summed E-state index contributed by atoms with van der Waals surface area (Å²) in [5, 5.41) is 20.2. The van der Waals surface area contributed by atoms with Gasteiger partial charge in [0, 0.05) is 5.54 Å². The predicted octanol–water partition coefficient (Wildman–Crippen LogP) is -0.315. The van der Waals surface area contributed by atoms with Gasteiger partial charge in [-0.05, 0) is 20.8 Å². The van der Waals surface area contributed by atoms with Gasteiger partial charge in [0.15, 0.2) is 0 Å². The van der Waals surface area contributed by atoms with E-state index >= 15 is 0 Å². The molecule has 0 aromatic heterocycles. The Morgan fingerprint density at radius 2 is 2.00 bits per heavy atom. The summed E-state index contributed by atoms with van der Waals surface area (Å²) in [7, 11) is 0. The normalized spacial score (nSPS) is 15.7. The molecule has 0 fully saturated rings. The van der Waals surface area contributed by atoms with Crippen LogP contribution < -0.4 is 5.32 Å². The highest BCUT2D eigenvalue weighted by Crippen LogP contribution is 1.99. The first-order valence-corrected chi connectivity index (χ1v) is 3.04. The molecule has 3 N–H and O–H groups in total. The highest BCUT2D eigenvalue weighted by atomic mass is 16.3. The highest BCUT2D eigenvalue weighted by Gasteiger charge is 2.16. The van der Waals surface area contributed by atoms with E-state index in [9.17, 15) is 0 Å². The summed E-state index contributed by atoms with van der Waals surface area (Å²) in [4.78, 5) is 0. The minimum Gasteiger partial charge on any atom is -0.394 e. The van der Waals surface area contributed by atoms with E-state index in [0.717, 1.165) is 0 Å². The second-order valence-electron chi connectivity index (χ2n) is 2.86. The quantitative estimate of drug-likeness (QED) is 0.463. The maximum Gasteiger partial charge on any atom is 0.102 e. The number of aliphatic hydroxyl groups is 2. The summed E-state index contributed by atoms with van der Waals surface area (Å²) in [5.41, 5.74) is -0.381. The first-order valence-electron chi connectivity index (χ1n) is 3.04. The minimum absolute atomic E-state index is 0.0257. The molecular formula is C6H15NO2. The molecule has 0 aliphatic carbocycles. The molecule has 0 aliphatic rings. The van der Waals surface area contributed by atoms with E-state index in [1.165, 1.54) is 0 Å². The Morgan fingerprint density at radius 1 is 1.56 bits per heavy atom. The summed E-state index contributed by atoms with van der Waals surface area (Å²) >= 11 is 0. The predicted molar refractivity (Wildman–Crippen MR) is 36.0 cm³/mol. The molecule has 0 saturated heterocycles. The van der Waals surface area contributed by atoms with Gasteiger partial charge in [-0.25, -0.2) is 0 Å². The van der Waals surface area contributed by atoms with Crippen LogP contribution in [0, 0.1) is 0 Å². The van der Waals surface area contributed by atoms with Gasteiger partial charge < -0.3 is 10.2 Å². The van der Waals surface area contributed by atoms with Crippen molar-refractivity contribution in [3.05, 3.63) is 0 Å². The zero-order chi connectivity index (χ0) is 7.49. The van der Waals surface area contributed by atoms with Crippen LogP contribution in [0.1, 0.15) is 20.8 Å². The largest absolute Gasteiger partial charge is 0.394 e. The van der Waals surface area contributed by atoms with Gasteiger partial charge in [0.25, 0.3) is 0 Å². The van der Waals surface area contributed by atoms with E-state index in [-0.39, 0.29) is 12.1 Å². The molecule has 1 atom stereocenters. The third-order valence-electron chi connectivity index (χ3n) is 0.995. The molecule has 0 radical (unpaired) electrons. The van der Waals surface area contributed by atoms with Crippen molar-refractivity contribution < 1.29 is 10.2 Å². The fraction of sp³-hybridized carbons (Fsp3) is 1.00. The Hall–Kier alpha value is -0.120. The number of nitrogens with one attached hydrogen (secondary N) is 1. The van der Waals surface area contributed by atoms with Crippen molar-refractivity contribution in [1.82, 2.24) is 5.32 Å². The summed E-state index contributed by atoms with van der Waals surface area (Å²) < 4.78 is 0. The number of hydrogen-bond acceptors (Lipinski definition) is 3. The van der Waals surface area contributed by atoms with Crippen molar-refractivity contribution in [3.8, 4) is 0 Å². The molecular weight excluding hydrogens is 118 g/mol. The Balaban J connectivity index is 3.58. The molecule has 0 spiro atoms. The zero-order valence-electron chi connectivity index (χ0n) is 6.18. The number of rotatable bonds is 3. The highest BCUT2D eigenvalue weighted by molar-refractivity contribution is 4.75. The van der Waals surface area contributed by atoms with Crippen molar-refractivity contribution in [3.63, 3.8) is 0 Å². The Labute approximate surface area is 55.7 Å². The van der Waals surface area contributed by atoms with Gasteiger partial charge in [-0.15, -0.1) is 0 Å². The van der Waals surface area contributed by atoms with Crippen molar-refractivity contribution >= 4 is 0 Å². The van der Waals surface area contributed by atoms with Crippen molar-refractivity contribution in [2.45, 2.75) is 32.5 Å². The maximum absolute atomic E-state index is 8.80. The third-order valence-corrected chi connectivity index (χ3v) is 0.995. The average molecular weight is 133 g/mol. The first kappa shape index (κ1) is 8.88. The van der Waals surface area contributed by atoms with Gasteiger partial charge in [0.1, 0.15) is 6.23 Å². The lowest BCUT2D eigenvalue weighted by Crippen LogP contribution is -2.47. The van der Waals surface area contributed by atoms with E-state index in [1.807, 2.05) is 13.8 Å². The lowest BCUT2D eigenvalue weighted by Gasteiger charge is -2.25. The summed E-state index contributed by atoms with van der Waals surface area (Å²) in [6, 6.07) is 0. The van der Waals surface area contributed by atoms with Gasteiger partial charge in [0.05, 0.1) is 6.61 Å². The summed E-state index contributed by atoms with van der Waals surface area (Å²) in [6.45, 7) is 5.29. The van der Waals surface area contributed by atoms with Crippen molar-refractivity contribution in [2.75, 3.05) is 6.61 Å². The minimum atomic E-state index is -0.563. The number of hydrogen-bond donors (Lipinski definition) is 3. The monoisotopic (exact) mass is 133 g/mol. The van der Waals surface area contributed by atoms with Crippen LogP contribution in [0.4, 0.5) is 0 Å². The molecule has 3 nitrogen and oxygen atoms in total. The first-order chi connectivity index (χ1) is 3.98. The molecule has 0 aliphatic heterocycles. The summed E-state index contributed by atoms with van der Waals surface area (Å²) in [6.07, 6.45) is -0.563. The van der Waals surface area contributed by atoms with Crippen LogP contribution in [0.3, 0.4) is 0 Å². The second-order valence-corrected chi connectivity index (χ2v) is 2.86. The second kappa shape index (κ2) is 3.15. The Kier molecular flexibility index (Phi) is 3.11. The fourth-order valence-electron chi connectivity index (χ4n) is 0.611. The molecule has 0 amide bonds. The number of aliphatic hydroxyl groups excluding tert-OH is 2. The lowest BCUT2D eigenvalue weighted by atomic mass is 10.1. The SMILES string of the molecule is CC(O)NC(C)(C)CO. The molecule has 0 bridgehead atoms. The Morgan fingerprint density at radius 3 is 2.11 bits per heavy atom. The average Bonchev–Trinajstić information content (AvgIpc) is 1.63. The summed E-state index contributed by atoms with van der Waals surface area (Å²) in [5.74, 6) is 0.